The maximum absolute atomic E-state index is 13.0. The van der Waals surface area contributed by atoms with Gasteiger partial charge in [0, 0.05) is 31.8 Å². The Morgan fingerprint density at radius 2 is 2.11 bits per heavy atom. The van der Waals surface area contributed by atoms with Crippen molar-refractivity contribution in [2.24, 2.45) is 5.92 Å². The predicted octanol–water partition coefficient (Wildman–Crippen LogP) is 2.97. The Labute approximate surface area is 163 Å². The van der Waals surface area contributed by atoms with Crippen molar-refractivity contribution in [2.75, 3.05) is 33.1 Å². The van der Waals surface area contributed by atoms with E-state index >= 15 is 0 Å². The first-order valence-corrected chi connectivity index (χ1v) is 9.93. The highest BCUT2D eigenvalue weighted by Crippen LogP contribution is 2.30. The minimum absolute atomic E-state index is 0.0681. The lowest BCUT2D eigenvalue weighted by atomic mass is 9.85. The van der Waals surface area contributed by atoms with Crippen LogP contribution in [-0.4, -0.2) is 48.8 Å². The molecule has 8 heteroatoms. The summed E-state index contributed by atoms with van der Waals surface area (Å²) in [5.74, 6) is 2.12. The van der Waals surface area contributed by atoms with Crippen LogP contribution in [0, 0.1) is 5.92 Å². The van der Waals surface area contributed by atoms with Gasteiger partial charge >= 0.3 is 0 Å². The number of benzene rings is 1. The molecule has 1 N–H and O–H groups in total. The average molecular weight is 391 g/mol. The van der Waals surface area contributed by atoms with E-state index in [0.29, 0.717) is 12.5 Å². The van der Waals surface area contributed by atoms with Gasteiger partial charge in [-0.2, -0.15) is 0 Å². The van der Waals surface area contributed by atoms with Crippen molar-refractivity contribution in [3.63, 3.8) is 0 Å². The first kappa shape index (κ1) is 19.4. The lowest BCUT2D eigenvalue weighted by Gasteiger charge is -2.32. The third kappa shape index (κ3) is 4.88. The van der Waals surface area contributed by atoms with Crippen LogP contribution in [0.1, 0.15) is 29.8 Å². The van der Waals surface area contributed by atoms with Gasteiger partial charge in [0.2, 0.25) is 11.0 Å². The quantitative estimate of drug-likeness (QED) is 0.709. The second-order valence-electron chi connectivity index (χ2n) is 6.68. The fourth-order valence-corrected chi connectivity index (χ4v) is 3.78. The molecule has 1 amide bonds. The van der Waals surface area contributed by atoms with Crippen molar-refractivity contribution < 1.29 is 14.3 Å². The second-order valence-corrected chi connectivity index (χ2v) is 7.74. The van der Waals surface area contributed by atoms with Crippen LogP contribution in [-0.2, 0) is 17.8 Å². The summed E-state index contributed by atoms with van der Waals surface area (Å²) in [5.41, 5.74) is 0.971. The summed E-state index contributed by atoms with van der Waals surface area (Å²) in [7, 11) is 5.06. The number of methoxy groups -OCH3 is 2. The Kier molecular flexibility index (Phi) is 6.49. The highest BCUT2D eigenvalue weighted by molar-refractivity contribution is 7.15. The third-order valence-electron chi connectivity index (χ3n) is 4.89. The first-order valence-electron chi connectivity index (χ1n) is 9.11. The molecule has 0 aliphatic heterocycles. The molecule has 0 spiro atoms. The Bertz CT molecular complexity index is 776. The number of amides is 1. The zero-order chi connectivity index (χ0) is 19.2. The molecule has 0 saturated heterocycles. The average Bonchev–Trinajstić information content (AvgIpc) is 3.11. The summed E-state index contributed by atoms with van der Waals surface area (Å²) >= 11 is 1.41. The van der Waals surface area contributed by atoms with Gasteiger partial charge in [-0.25, -0.2) is 0 Å². The van der Waals surface area contributed by atoms with Crippen molar-refractivity contribution in [3.05, 3.63) is 28.8 Å². The molecule has 1 aliphatic rings. The standard InChI is InChI=1S/C19H26N4O3S/c1-20-19-22-21-17(27-19)10-18(24)23(11-13-5-4-6-13)12-14-7-8-15(25-2)9-16(14)26-3/h7-9,13H,4-6,10-12H2,1-3H3,(H,20,22). The van der Waals surface area contributed by atoms with E-state index in [9.17, 15) is 4.79 Å². The topological polar surface area (TPSA) is 76.6 Å². The maximum atomic E-state index is 13.0. The summed E-state index contributed by atoms with van der Waals surface area (Å²) in [6, 6.07) is 5.71. The van der Waals surface area contributed by atoms with E-state index in [0.717, 1.165) is 33.7 Å². The summed E-state index contributed by atoms with van der Waals surface area (Å²) in [6.45, 7) is 1.28. The molecule has 1 aliphatic carbocycles. The third-order valence-corrected chi connectivity index (χ3v) is 5.84. The van der Waals surface area contributed by atoms with Gasteiger partial charge in [0.15, 0.2) is 0 Å². The van der Waals surface area contributed by atoms with Crippen molar-refractivity contribution in [1.29, 1.82) is 0 Å². The zero-order valence-corrected chi connectivity index (χ0v) is 16.8. The highest BCUT2D eigenvalue weighted by atomic mass is 32.1. The van der Waals surface area contributed by atoms with Crippen LogP contribution in [0.2, 0.25) is 0 Å². The van der Waals surface area contributed by atoms with Gasteiger partial charge in [-0.1, -0.05) is 17.8 Å². The van der Waals surface area contributed by atoms with E-state index in [1.807, 2.05) is 23.1 Å². The molecule has 7 nitrogen and oxygen atoms in total. The molecule has 0 unspecified atom stereocenters. The normalized spacial score (nSPS) is 13.7. The number of anilines is 1. The van der Waals surface area contributed by atoms with E-state index in [4.69, 9.17) is 9.47 Å². The van der Waals surface area contributed by atoms with Gasteiger partial charge in [0.1, 0.15) is 16.5 Å². The molecule has 3 rings (SSSR count). The van der Waals surface area contributed by atoms with Crippen molar-refractivity contribution in [1.82, 2.24) is 15.1 Å². The van der Waals surface area contributed by atoms with Crippen LogP contribution < -0.4 is 14.8 Å². The number of aromatic nitrogens is 2. The summed E-state index contributed by atoms with van der Waals surface area (Å²) in [5, 5.41) is 12.5. The molecular formula is C19H26N4O3S. The fourth-order valence-electron chi connectivity index (χ4n) is 3.10. The number of carbonyl (C=O) groups is 1. The Morgan fingerprint density at radius 1 is 1.30 bits per heavy atom. The molecular weight excluding hydrogens is 364 g/mol. The largest absolute Gasteiger partial charge is 0.497 e. The minimum atomic E-state index is 0.0681. The van der Waals surface area contributed by atoms with Crippen LogP contribution in [0.5, 0.6) is 11.5 Å². The molecule has 1 fully saturated rings. The van der Waals surface area contributed by atoms with Crippen LogP contribution in [0.25, 0.3) is 0 Å². The number of nitrogens with one attached hydrogen (secondary N) is 1. The van der Waals surface area contributed by atoms with Gasteiger partial charge in [-0.05, 0) is 30.9 Å². The van der Waals surface area contributed by atoms with Gasteiger partial charge in [-0.15, -0.1) is 10.2 Å². The maximum Gasteiger partial charge on any atom is 0.229 e. The smallest absolute Gasteiger partial charge is 0.229 e. The van der Waals surface area contributed by atoms with Crippen LogP contribution in [0.3, 0.4) is 0 Å². The van der Waals surface area contributed by atoms with Crippen LogP contribution in [0.15, 0.2) is 18.2 Å². The van der Waals surface area contributed by atoms with E-state index in [2.05, 4.69) is 15.5 Å². The second kappa shape index (κ2) is 9.03. The molecule has 2 aromatic rings. The van der Waals surface area contributed by atoms with Crippen LogP contribution in [0.4, 0.5) is 5.13 Å². The minimum Gasteiger partial charge on any atom is -0.497 e. The Morgan fingerprint density at radius 3 is 2.70 bits per heavy atom. The molecule has 27 heavy (non-hydrogen) atoms. The molecule has 1 heterocycles. The fraction of sp³-hybridized carbons (Fsp3) is 0.526. The van der Waals surface area contributed by atoms with Gasteiger partial charge < -0.3 is 19.7 Å². The Balaban J connectivity index is 1.75. The van der Waals surface area contributed by atoms with Gasteiger partial charge in [-0.3, -0.25) is 4.79 Å². The lowest BCUT2D eigenvalue weighted by molar-refractivity contribution is -0.132. The van der Waals surface area contributed by atoms with E-state index in [-0.39, 0.29) is 12.3 Å². The predicted molar refractivity (Wildman–Crippen MR) is 105 cm³/mol. The van der Waals surface area contributed by atoms with E-state index in [1.165, 1.54) is 30.6 Å². The molecule has 0 bridgehead atoms. The first-order chi connectivity index (χ1) is 13.1. The molecule has 0 atom stereocenters. The number of hydrogen-bond acceptors (Lipinski definition) is 7. The van der Waals surface area contributed by atoms with Gasteiger partial charge in [0.25, 0.3) is 0 Å². The molecule has 1 aromatic heterocycles. The van der Waals surface area contributed by atoms with Gasteiger partial charge in [0.05, 0.1) is 20.6 Å². The van der Waals surface area contributed by atoms with Crippen molar-refractivity contribution in [2.45, 2.75) is 32.2 Å². The van der Waals surface area contributed by atoms with Crippen molar-refractivity contribution in [3.8, 4) is 11.5 Å². The zero-order valence-electron chi connectivity index (χ0n) is 16.0. The molecule has 1 aromatic carbocycles. The monoisotopic (exact) mass is 390 g/mol. The lowest BCUT2D eigenvalue weighted by Crippen LogP contribution is -2.38. The van der Waals surface area contributed by atoms with Crippen LogP contribution >= 0.6 is 11.3 Å². The molecule has 1 saturated carbocycles. The SMILES string of the molecule is CNc1nnc(CC(=O)N(Cc2ccc(OC)cc2OC)CC2CCC2)s1. The summed E-state index contributed by atoms with van der Waals surface area (Å²) in [4.78, 5) is 14.9. The molecule has 146 valence electrons. The summed E-state index contributed by atoms with van der Waals surface area (Å²) in [6.07, 6.45) is 3.89. The number of nitrogens with zero attached hydrogens (tertiary/aromatic N) is 3. The number of carbonyl (C=O) groups excluding carboxylic acids is 1. The molecule has 0 radical (unpaired) electrons. The Hall–Kier alpha value is -2.35. The number of rotatable bonds is 9. The number of hydrogen-bond donors (Lipinski definition) is 1. The highest BCUT2D eigenvalue weighted by Gasteiger charge is 2.25. The van der Waals surface area contributed by atoms with E-state index < -0.39 is 0 Å². The van der Waals surface area contributed by atoms with Crippen molar-refractivity contribution >= 4 is 22.4 Å². The van der Waals surface area contributed by atoms with E-state index in [1.54, 1.807) is 21.3 Å². The summed E-state index contributed by atoms with van der Waals surface area (Å²) < 4.78 is 10.8. The number of ether oxygens (including phenoxy) is 2.